The number of nitro groups is 2. The van der Waals surface area contributed by atoms with Gasteiger partial charge in [0.05, 0.1) is 15.9 Å². The van der Waals surface area contributed by atoms with Gasteiger partial charge in [-0.15, -0.1) is 0 Å². The largest absolute Gasteiger partial charge is 0.326 e. The van der Waals surface area contributed by atoms with Gasteiger partial charge in [-0.1, -0.05) is 13.0 Å². The molecule has 27 heavy (non-hydrogen) atoms. The average molecular weight is 372 g/mol. The smallest absolute Gasteiger partial charge is 0.289 e. The van der Waals surface area contributed by atoms with Crippen LogP contribution in [0.2, 0.25) is 0 Å². The van der Waals surface area contributed by atoms with Crippen molar-refractivity contribution >= 4 is 34.6 Å². The minimum absolute atomic E-state index is 0.201. The second-order valence-electron chi connectivity index (χ2n) is 5.60. The Balaban J connectivity index is 2.32. The van der Waals surface area contributed by atoms with Crippen molar-refractivity contribution in [3.05, 3.63) is 67.8 Å². The van der Waals surface area contributed by atoms with E-state index in [-0.39, 0.29) is 17.9 Å². The number of anilines is 2. The molecule has 0 heterocycles. The zero-order chi connectivity index (χ0) is 20.1. The Morgan fingerprint density at radius 3 is 2.30 bits per heavy atom. The number of carbonyl (C=O) groups is 2. The Labute approximate surface area is 153 Å². The molecule has 140 valence electrons. The maximum Gasteiger partial charge on any atom is 0.289 e. The van der Waals surface area contributed by atoms with E-state index in [2.05, 4.69) is 10.6 Å². The predicted molar refractivity (Wildman–Crippen MR) is 97.8 cm³/mol. The van der Waals surface area contributed by atoms with Crippen LogP contribution in [0, 0.1) is 27.2 Å². The van der Waals surface area contributed by atoms with Crippen molar-refractivity contribution < 1.29 is 19.4 Å². The summed E-state index contributed by atoms with van der Waals surface area (Å²) < 4.78 is 0. The monoisotopic (exact) mass is 372 g/mol. The lowest BCUT2D eigenvalue weighted by molar-refractivity contribution is -0.394. The molecule has 0 bridgehead atoms. The lowest BCUT2D eigenvalue weighted by Gasteiger charge is -2.11. The van der Waals surface area contributed by atoms with Crippen LogP contribution in [0.15, 0.2) is 36.4 Å². The van der Waals surface area contributed by atoms with E-state index in [9.17, 15) is 29.8 Å². The van der Waals surface area contributed by atoms with Crippen molar-refractivity contribution in [1.82, 2.24) is 0 Å². The molecule has 2 aromatic rings. The molecule has 0 saturated heterocycles. The molecule has 0 atom stereocenters. The number of nitro benzene ring substituents is 2. The Morgan fingerprint density at radius 1 is 1.00 bits per heavy atom. The number of non-ortho nitro benzene ring substituents is 1. The molecule has 0 unspecified atom stereocenters. The van der Waals surface area contributed by atoms with E-state index >= 15 is 0 Å². The zero-order valence-corrected chi connectivity index (χ0v) is 14.5. The highest BCUT2D eigenvalue weighted by Crippen LogP contribution is 2.26. The fraction of sp³-hybridized carbons (Fsp3) is 0.176. The molecule has 0 spiro atoms. The quantitative estimate of drug-likeness (QED) is 0.587. The predicted octanol–water partition coefficient (Wildman–Crippen LogP) is 3.41. The lowest BCUT2D eigenvalue weighted by Crippen LogP contribution is -2.15. The summed E-state index contributed by atoms with van der Waals surface area (Å²) in [7, 11) is 0. The van der Waals surface area contributed by atoms with Gasteiger partial charge in [0, 0.05) is 23.9 Å². The fourth-order valence-corrected chi connectivity index (χ4v) is 2.25. The summed E-state index contributed by atoms with van der Waals surface area (Å²) in [6.07, 6.45) is 0.283. The number of benzene rings is 2. The van der Waals surface area contributed by atoms with Crippen molar-refractivity contribution in [3.8, 4) is 0 Å². The molecule has 0 fully saturated rings. The van der Waals surface area contributed by atoms with Crippen molar-refractivity contribution in [2.24, 2.45) is 0 Å². The summed E-state index contributed by atoms with van der Waals surface area (Å²) in [5.74, 6) is -0.999. The normalized spacial score (nSPS) is 10.1. The highest BCUT2D eigenvalue weighted by Gasteiger charge is 2.24. The summed E-state index contributed by atoms with van der Waals surface area (Å²) in [5.41, 5.74) is 0.107. The van der Waals surface area contributed by atoms with E-state index in [0.717, 1.165) is 23.8 Å². The van der Waals surface area contributed by atoms with E-state index in [0.29, 0.717) is 11.4 Å². The van der Waals surface area contributed by atoms with Gasteiger partial charge in [0.1, 0.15) is 5.56 Å². The summed E-state index contributed by atoms with van der Waals surface area (Å²) >= 11 is 0. The van der Waals surface area contributed by atoms with Crippen molar-refractivity contribution in [1.29, 1.82) is 0 Å². The van der Waals surface area contributed by atoms with Gasteiger partial charge >= 0.3 is 0 Å². The Hall–Kier alpha value is -3.82. The SMILES string of the molecule is CCC(=O)Nc1cc(NC(=O)c2ccc([N+](=O)[O-])cc2[N+](=O)[O-])ccc1C. The van der Waals surface area contributed by atoms with Crippen LogP contribution in [-0.2, 0) is 4.79 Å². The minimum Gasteiger partial charge on any atom is -0.326 e. The molecular weight excluding hydrogens is 356 g/mol. The van der Waals surface area contributed by atoms with Gasteiger partial charge in [-0.3, -0.25) is 29.8 Å². The third kappa shape index (κ3) is 4.63. The number of hydrogen-bond acceptors (Lipinski definition) is 6. The number of carbonyl (C=O) groups excluding carboxylic acids is 2. The van der Waals surface area contributed by atoms with Gasteiger partial charge in [0.15, 0.2) is 0 Å². The van der Waals surface area contributed by atoms with E-state index in [1.807, 2.05) is 0 Å². The summed E-state index contributed by atoms with van der Waals surface area (Å²) in [6.45, 7) is 3.47. The zero-order valence-electron chi connectivity index (χ0n) is 14.5. The van der Waals surface area contributed by atoms with Crippen molar-refractivity contribution in [2.75, 3.05) is 10.6 Å². The lowest BCUT2D eigenvalue weighted by atomic mass is 10.1. The van der Waals surface area contributed by atoms with Crippen LogP contribution in [0.4, 0.5) is 22.7 Å². The Bertz CT molecular complexity index is 941. The average Bonchev–Trinajstić information content (AvgIpc) is 2.63. The van der Waals surface area contributed by atoms with Gasteiger partial charge in [0.2, 0.25) is 5.91 Å². The topological polar surface area (TPSA) is 144 Å². The molecule has 10 nitrogen and oxygen atoms in total. The Kier molecular flexibility index (Phi) is 5.81. The van der Waals surface area contributed by atoms with Gasteiger partial charge in [-0.2, -0.15) is 0 Å². The number of aryl methyl sites for hydroxylation is 1. The number of nitrogens with zero attached hydrogens (tertiary/aromatic N) is 2. The molecule has 2 amide bonds. The number of rotatable bonds is 6. The minimum atomic E-state index is -0.857. The first-order valence-electron chi connectivity index (χ1n) is 7.87. The van der Waals surface area contributed by atoms with Crippen LogP contribution < -0.4 is 10.6 Å². The molecule has 2 aromatic carbocycles. The third-order valence-corrected chi connectivity index (χ3v) is 3.72. The first kappa shape index (κ1) is 19.5. The van der Waals surface area contributed by atoms with E-state index < -0.39 is 27.1 Å². The van der Waals surface area contributed by atoms with Gasteiger partial charge < -0.3 is 10.6 Å². The molecular formula is C17H16N4O6. The number of nitrogens with one attached hydrogen (secondary N) is 2. The molecule has 2 N–H and O–H groups in total. The highest BCUT2D eigenvalue weighted by molar-refractivity contribution is 6.07. The van der Waals surface area contributed by atoms with Crippen molar-refractivity contribution in [3.63, 3.8) is 0 Å². The van der Waals surface area contributed by atoms with E-state index in [1.165, 1.54) is 6.07 Å². The maximum absolute atomic E-state index is 12.4. The molecule has 2 rings (SSSR count). The van der Waals surface area contributed by atoms with Crippen LogP contribution >= 0.6 is 0 Å². The van der Waals surface area contributed by atoms with Crippen molar-refractivity contribution in [2.45, 2.75) is 20.3 Å². The molecule has 0 aliphatic heterocycles. The first-order chi connectivity index (χ1) is 12.7. The second-order valence-corrected chi connectivity index (χ2v) is 5.60. The summed E-state index contributed by atoms with van der Waals surface area (Å²) in [4.78, 5) is 44.3. The first-order valence-corrected chi connectivity index (χ1v) is 7.87. The molecule has 0 aliphatic rings. The van der Waals surface area contributed by atoms with E-state index in [4.69, 9.17) is 0 Å². The fourth-order valence-electron chi connectivity index (χ4n) is 2.25. The Morgan fingerprint density at radius 2 is 1.70 bits per heavy atom. The van der Waals surface area contributed by atoms with Gasteiger partial charge in [-0.05, 0) is 30.7 Å². The molecule has 0 aliphatic carbocycles. The molecule has 10 heteroatoms. The van der Waals surface area contributed by atoms with Crippen LogP contribution in [0.1, 0.15) is 29.3 Å². The van der Waals surface area contributed by atoms with Crippen LogP contribution in [0.25, 0.3) is 0 Å². The number of hydrogen-bond donors (Lipinski definition) is 2. The van der Waals surface area contributed by atoms with Crippen LogP contribution in [0.3, 0.4) is 0 Å². The number of amides is 2. The van der Waals surface area contributed by atoms with Gasteiger partial charge in [-0.25, -0.2) is 0 Å². The van der Waals surface area contributed by atoms with Gasteiger partial charge in [0.25, 0.3) is 17.3 Å². The second kappa shape index (κ2) is 8.04. The maximum atomic E-state index is 12.4. The standard InChI is InChI=1S/C17H16N4O6/c1-3-16(22)19-14-8-11(5-4-10(14)2)18-17(23)13-7-6-12(20(24)25)9-15(13)21(26)27/h4-9H,3H2,1-2H3,(H,18,23)(H,19,22). The molecule has 0 radical (unpaired) electrons. The summed E-state index contributed by atoms with van der Waals surface area (Å²) in [5, 5.41) is 27.1. The van der Waals surface area contributed by atoms with Crippen LogP contribution in [0.5, 0.6) is 0 Å². The molecule has 0 aromatic heterocycles. The molecule has 0 saturated carbocycles. The van der Waals surface area contributed by atoms with Crippen LogP contribution in [-0.4, -0.2) is 21.7 Å². The summed E-state index contributed by atoms with van der Waals surface area (Å²) in [6, 6.07) is 7.55. The van der Waals surface area contributed by atoms with E-state index in [1.54, 1.807) is 26.0 Å². The highest BCUT2D eigenvalue weighted by atomic mass is 16.6. The third-order valence-electron chi connectivity index (χ3n) is 3.72.